The topological polar surface area (TPSA) is 44.8 Å². The maximum Gasteiger partial charge on any atom is 0.254 e. The molecule has 0 unspecified atom stereocenters. The van der Waals surface area contributed by atoms with Crippen LogP contribution in [0.2, 0.25) is 0 Å². The number of nitrogens with one attached hydrogen (secondary N) is 1. The molecule has 2 aromatic rings. The molecule has 1 N–H and O–H groups in total. The van der Waals surface area contributed by atoms with Crippen LogP contribution in [-0.4, -0.2) is 54.0 Å². The van der Waals surface area contributed by atoms with Gasteiger partial charge in [-0.2, -0.15) is 0 Å². The summed E-state index contributed by atoms with van der Waals surface area (Å²) in [6, 6.07) is 17.1. The van der Waals surface area contributed by atoms with E-state index in [1.54, 1.807) is 0 Å². The van der Waals surface area contributed by atoms with E-state index in [4.69, 9.17) is 4.74 Å². The average Bonchev–Trinajstić information content (AvgIpc) is 3.21. The number of carbonyl (C=O) groups is 1. The zero-order chi connectivity index (χ0) is 24.8. The van der Waals surface area contributed by atoms with Crippen molar-refractivity contribution in [2.45, 2.75) is 72.0 Å². The van der Waals surface area contributed by atoms with Gasteiger partial charge in [0.25, 0.3) is 5.91 Å². The molecule has 4 rings (SSSR count). The van der Waals surface area contributed by atoms with Crippen LogP contribution in [0.15, 0.2) is 48.5 Å². The fourth-order valence-electron chi connectivity index (χ4n) is 5.32. The van der Waals surface area contributed by atoms with Crippen LogP contribution in [0.4, 0.5) is 5.69 Å². The van der Waals surface area contributed by atoms with Gasteiger partial charge in [-0.05, 0) is 80.0 Å². The quantitative estimate of drug-likeness (QED) is 0.527. The summed E-state index contributed by atoms with van der Waals surface area (Å²) in [4.78, 5) is 18.6. The molecule has 35 heavy (non-hydrogen) atoms. The molecule has 2 aromatic carbocycles. The van der Waals surface area contributed by atoms with Crippen molar-refractivity contribution in [2.24, 2.45) is 11.8 Å². The van der Waals surface area contributed by atoms with Gasteiger partial charge in [0.15, 0.2) is 0 Å². The minimum absolute atomic E-state index is 0.0988. The minimum atomic E-state index is 0.0988. The average molecular weight is 478 g/mol. The number of ether oxygens (including phenoxy) is 1. The van der Waals surface area contributed by atoms with E-state index in [1.807, 2.05) is 24.3 Å². The van der Waals surface area contributed by atoms with Crippen LogP contribution >= 0.6 is 0 Å². The molecular formula is C30H43N3O2. The van der Waals surface area contributed by atoms with Crippen LogP contribution in [-0.2, 0) is 6.54 Å². The number of para-hydroxylation sites is 1. The summed E-state index contributed by atoms with van der Waals surface area (Å²) in [7, 11) is 0. The number of anilines is 1. The lowest BCUT2D eigenvalue weighted by Gasteiger charge is -2.34. The highest BCUT2D eigenvalue weighted by Crippen LogP contribution is 2.30. The van der Waals surface area contributed by atoms with Gasteiger partial charge in [0.05, 0.1) is 6.61 Å². The zero-order valence-corrected chi connectivity index (χ0v) is 22.0. The van der Waals surface area contributed by atoms with Crippen LogP contribution in [0.5, 0.6) is 5.75 Å². The number of amides is 1. The summed E-state index contributed by atoms with van der Waals surface area (Å²) in [5.41, 5.74) is 3.06. The molecule has 0 saturated carbocycles. The van der Waals surface area contributed by atoms with Gasteiger partial charge < -0.3 is 15.0 Å². The number of rotatable bonds is 7. The van der Waals surface area contributed by atoms with Crippen LogP contribution < -0.4 is 10.1 Å². The Balaban J connectivity index is 1.58. The SMILES string of the molecule is CC(C)CCN1[C@H]2CCNc3ccccc3CN(C(=O)c3ccc(OCC(C)C)cc3)C[C@@H]1CC2. The second kappa shape index (κ2) is 11.9. The molecule has 1 saturated heterocycles. The molecule has 2 aliphatic rings. The largest absolute Gasteiger partial charge is 0.493 e. The number of nitrogens with zero attached hydrogens (tertiary/aromatic N) is 2. The van der Waals surface area contributed by atoms with Crippen LogP contribution in [0, 0.1) is 11.8 Å². The lowest BCUT2D eigenvalue weighted by Crippen LogP contribution is -2.45. The zero-order valence-electron chi connectivity index (χ0n) is 22.0. The molecule has 2 atom stereocenters. The first-order chi connectivity index (χ1) is 16.9. The number of benzene rings is 2. The summed E-state index contributed by atoms with van der Waals surface area (Å²) in [6.45, 7) is 13.0. The van der Waals surface area contributed by atoms with E-state index in [1.165, 1.54) is 18.4 Å². The van der Waals surface area contributed by atoms with Gasteiger partial charge in [0, 0.05) is 43.0 Å². The lowest BCUT2D eigenvalue weighted by atomic mass is 10.1. The predicted molar refractivity (Wildman–Crippen MR) is 144 cm³/mol. The van der Waals surface area contributed by atoms with Crippen molar-refractivity contribution in [3.05, 3.63) is 59.7 Å². The summed E-state index contributed by atoms with van der Waals surface area (Å²) in [5, 5.41) is 3.68. The van der Waals surface area contributed by atoms with Crippen LogP contribution in [0.3, 0.4) is 0 Å². The molecule has 1 fully saturated rings. The monoisotopic (exact) mass is 477 g/mol. The third-order valence-corrected chi connectivity index (χ3v) is 7.31. The van der Waals surface area contributed by atoms with Crippen LogP contribution in [0.1, 0.15) is 69.3 Å². The van der Waals surface area contributed by atoms with Crippen molar-refractivity contribution < 1.29 is 9.53 Å². The fourth-order valence-corrected chi connectivity index (χ4v) is 5.32. The Bertz CT molecular complexity index is 956. The van der Waals surface area contributed by atoms with E-state index in [2.05, 4.69) is 67.1 Å². The Morgan fingerprint density at radius 1 is 0.971 bits per heavy atom. The van der Waals surface area contributed by atoms with Crippen molar-refractivity contribution in [3.8, 4) is 5.75 Å². The van der Waals surface area contributed by atoms with Gasteiger partial charge >= 0.3 is 0 Å². The van der Waals surface area contributed by atoms with Crippen LogP contribution in [0.25, 0.3) is 0 Å². The van der Waals surface area contributed by atoms with Crippen molar-refractivity contribution in [1.29, 1.82) is 0 Å². The molecular weight excluding hydrogens is 434 g/mol. The molecule has 5 nitrogen and oxygen atoms in total. The van der Waals surface area contributed by atoms with Gasteiger partial charge in [-0.1, -0.05) is 45.9 Å². The Morgan fingerprint density at radius 3 is 2.46 bits per heavy atom. The van der Waals surface area contributed by atoms with Gasteiger partial charge in [0.2, 0.25) is 0 Å². The Labute approximate surface area is 211 Å². The second-order valence-electron chi connectivity index (χ2n) is 11.1. The van der Waals surface area contributed by atoms with E-state index < -0.39 is 0 Å². The molecule has 0 aromatic heterocycles. The highest BCUT2D eigenvalue weighted by Gasteiger charge is 2.35. The van der Waals surface area contributed by atoms with Gasteiger partial charge in [-0.3, -0.25) is 9.69 Å². The van der Waals surface area contributed by atoms with Crippen molar-refractivity contribution in [2.75, 3.05) is 31.6 Å². The minimum Gasteiger partial charge on any atom is -0.493 e. The normalized spacial score (nSPS) is 20.9. The molecule has 2 aliphatic heterocycles. The number of carbonyl (C=O) groups excluding carboxylic acids is 1. The van der Waals surface area contributed by atoms with Crippen molar-refractivity contribution in [1.82, 2.24) is 9.80 Å². The molecule has 2 bridgehead atoms. The van der Waals surface area contributed by atoms with Crippen molar-refractivity contribution >= 4 is 11.6 Å². The van der Waals surface area contributed by atoms with E-state index in [0.717, 1.165) is 49.5 Å². The molecule has 0 spiro atoms. The summed E-state index contributed by atoms with van der Waals surface area (Å²) >= 11 is 0. The number of hydrogen-bond acceptors (Lipinski definition) is 4. The maximum absolute atomic E-state index is 13.8. The van der Waals surface area contributed by atoms with Gasteiger partial charge in [0.1, 0.15) is 5.75 Å². The van der Waals surface area contributed by atoms with E-state index in [0.29, 0.717) is 37.1 Å². The Morgan fingerprint density at radius 2 is 1.71 bits per heavy atom. The third-order valence-electron chi connectivity index (χ3n) is 7.31. The molecule has 0 radical (unpaired) electrons. The van der Waals surface area contributed by atoms with E-state index >= 15 is 0 Å². The smallest absolute Gasteiger partial charge is 0.254 e. The standard InChI is InChI=1S/C30H43N3O2/c1-22(2)16-18-33-26-11-12-27(33)20-32(19-25-7-5-6-8-29(25)31-17-15-26)30(34)24-9-13-28(14-10-24)35-21-23(3)4/h5-10,13-14,22-23,26-27,31H,11-12,15-21H2,1-4H3/t26-,27+/m1/s1. The number of hydrogen-bond donors (Lipinski definition) is 1. The molecule has 1 amide bonds. The van der Waals surface area contributed by atoms with Crippen molar-refractivity contribution in [3.63, 3.8) is 0 Å². The molecule has 2 heterocycles. The highest BCUT2D eigenvalue weighted by molar-refractivity contribution is 5.94. The summed E-state index contributed by atoms with van der Waals surface area (Å²) < 4.78 is 5.84. The first-order valence-electron chi connectivity index (χ1n) is 13.5. The molecule has 0 aliphatic carbocycles. The van der Waals surface area contributed by atoms with E-state index in [-0.39, 0.29) is 5.91 Å². The second-order valence-corrected chi connectivity index (χ2v) is 11.1. The lowest BCUT2D eigenvalue weighted by molar-refractivity contribution is 0.0666. The third kappa shape index (κ3) is 6.78. The summed E-state index contributed by atoms with van der Waals surface area (Å²) in [5.74, 6) is 2.07. The predicted octanol–water partition coefficient (Wildman–Crippen LogP) is 6.06. The first-order valence-corrected chi connectivity index (χ1v) is 13.5. The molecule has 190 valence electrons. The number of fused-ring (bicyclic) bond motifs is 3. The Kier molecular flexibility index (Phi) is 8.72. The molecule has 5 heteroatoms. The van der Waals surface area contributed by atoms with Gasteiger partial charge in [-0.25, -0.2) is 0 Å². The summed E-state index contributed by atoms with van der Waals surface area (Å²) in [6.07, 6.45) is 4.73. The van der Waals surface area contributed by atoms with E-state index in [9.17, 15) is 4.79 Å². The maximum atomic E-state index is 13.8. The first kappa shape index (κ1) is 25.6. The highest BCUT2D eigenvalue weighted by atomic mass is 16.5. The Hall–Kier alpha value is -2.53. The fraction of sp³-hybridized carbons (Fsp3) is 0.567. The van der Waals surface area contributed by atoms with Gasteiger partial charge in [-0.15, -0.1) is 0 Å².